The van der Waals surface area contributed by atoms with Crippen molar-refractivity contribution in [1.29, 1.82) is 0 Å². The van der Waals surface area contributed by atoms with Crippen molar-refractivity contribution in [2.75, 3.05) is 18.5 Å². The Labute approximate surface area is 116 Å². The van der Waals surface area contributed by atoms with Crippen LogP contribution in [0.5, 0.6) is 0 Å². The van der Waals surface area contributed by atoms with E-state index in [4.69, 9.17) is 0 Å². The summed E-state index contributed by atoms with van der Waals surface area (Å²) in [4.78, 5) is 14.2. The van der Waals surface area contributed by atoms with Crippen LogP contribution in [-0.4, -0.2) is 25.5 Å². The van der Waals surface area contributed by atoms with Crippen LogP contribution < -0.4 is 10.2 Å². The second-order valence-corrected chi connectivity index (χ2v) is 6.34. The third kappa shape index (κ3) is 2.98. The van der Waals surface area contributed by atoms with Gasteiger partial charge in [-0.1, -0.05) is 39.0 Å². The van der Waals surface area contributed by atoms with Crippen molar-refractivity contribution >= 4 is 11.6 Å². The van der Waals surface area contributed by atoms with Gasteiger partial charge in [0.1, 0.15) is 0 Å². The average molecular weight is 260 g/mol. The Bertz CT molecular complexity index is 462. The van der Waals surface area contributed by atoms with Crippen molar-refractivity contribution in [3.8, 4) is 0 Å². The van der Waals surface area contributed by atoms with Crippen molar-refractivity contribution in [2.24, 2.45) is 5.41 Å². The van der Waals surface area contributed by atoms with Gasteiger partial charge in [0.05, 0.1) is 0 Å². The first-order valence-electron chi connectivity index (χ1n) is 6.99. The number of anilines is 1. The Morgan fingerprint density at radius 1 is 1.26 bits per heavy atom. The number of hydrogen-bond donors (Lipinski definition) is 1. The molecule has 1 aromatic rings. The fourth-order valence-corrected chi connectivity index (χ4v) is 2.68. The largest absolute Gasteiger partial charge is 0.315 e. The molecule has 1 unspecified atom stereocenters. The number of para-hydroxylation sites is 1. The monoisotopic (exact) mass is 260 g/mol. The molecule has 1 aromatic carbocycles. The van der Waals surface area contributed by atoms with Crippen LogP contribution in [0.2, 0.25) is 0 Å². The van der Waals surface area contributed by atoms with E-state index in [2.05, 4.69) is 38.2 Å². The second kappa shape index (κ2) is 5.33. The molecule has 1 heterocycles. The standard InChI is InChI=1S/C16H24N2O/c1-16(2,3)14(17-4)11-18-13-8-6-5-7-12(13)9-10-15(18)19/h5-8,14,17H,9-11H2,1-4H3. The molecule has 19 heavy (non-hydrogen) atoms. The predicted molar refractivity (Wildman–Crippen MR) is 79.4 cm³/mol. The van der Waals surface area contributed by atoms with Crippen LogP contribution in [0.25, 0.3) is 0 Å². The van der Waals surface area contributed by atoms with Crippen LogP contribution in [0, 0.1) is 5.41 Å². The maximum atomic E-state index is 12.2. The number of benzene rings is 1. The van der Waals surface area contributed by atoms with Gasteiger partial charge in [0.25, 0.3) is 0 Å². The highest BCUT2D eigenvalue weighted by Crippen LogP contribution is 2.29. The van der Waals surface area contributed by atoms with Crippen molar-refractivity contribution in [1.82, 2.24) is 5.32 Å². The number of fused-ring (bicyclic) bond motifs is 1. The molecule has 104 valence electrons. The van der Waals surface area contributed by atoms with E-state index in [1.165, 1.54) is 5.56 Å². The molecule has 3 nitrogen and oxygen atoms in total. The number of hydrogen-bond acceptors (Lipinski definition) is 2. The molecule has 0 saturated carbocycles. The summed E-state index contributed by atoms with van der Waals surface area (Å²) >= 11 is 0. The van der Waals surface area contributed by atoms with E-state index in [9.17, 15) is 4.79 Å². The molecular formula is C16H24N2O. The van der Waals surface area contributed by atoms with Crippen LogP contribution in [0.3, 0.4) is 0 Å². The summed E-state index contributed by atoms with van der Waals surface area (Å²) in [6, 6.07) is 8.52. The number of carbonyl (C=O) groups excluding carboxylic acids is 1. The van der Waals surface area contributed by atoms with Crippen molar-refractivity contribution in [3.63, 3.8) is 0 Å². The van der Waals surface area contributed by atoms with Crippen molar-refractivity contribution in [2.45, 2.75) is 39.7 Å². The molecule has 0 spiro atoms. The number of likely N-dealkylation sites (N-methyl/N-ethyl adjacent to an activating group) is 1. The zero-order valence-electron chi connectivity index (χ0n) is 12.4. The number of amides is 1. The fourth-order valence-electron chi connectivity index (χ4n) is 2.68. The smallest absolute Gasteiger partial charge is 0.227 e. The Balaban J connectivity index is 2.26. The Morgan fingerprint density at radius 2 is 1.95 bits per heavy atom. The van der Waals surface area contributed by atoms with E-state index in [-0.39, 0.29) is 17.4 Å². The van der Waals surface area contributed by atoms with Crippen LogP contribution in [0.4, 0.5) is 5.69 Å². The summed E-state index contributed by atoms with van der Waals surface area (Å²) in [6.45, 7) is 7.34. The molecule has 2 rings (SSSR count). The zero-order chi connectivity index (χ0) is 14.0. The lowest BCUT2D eigenvalue weighted by Gasteiger charge is -2.37. The van der Waals surface area contributed by atoms with Crippen LogP contribution >= 0.6 is 0 Å². The maximum Gasteiger partial charge on any atom is 0.227 e. The topological polar surface area (TPSA) is 32.3 Å². The minimum Gasteiger partial charge on any atom is -0.315 e. The van der Waals surface area contributed by atoms with Gasteiger partial charge in [0.2, 0.25) is 5.91 Å². The summed E-state index contributed by atoms with van der Waals surface area (Å²) in [5.41, 5.74) is 2.50. The lowest BCUT2D eigenvalue weighted by Crippen LogP contribution is -2.50. The van der Waals surface area contributed by atoms with Gasteiger partial charge in [-0.3, -0.25) is 4.79 Å². The van der Waals surface area contributed by atoms with E-state index in [1.807, 2.05) is 24.1 Å². The van der Waals surface area contributed by atoms with Gasteiger partial charge in [0.15, 0.2) is 0 Å². The number of nitrogens with one attached hydrogen (secondary N) is 1. The molecule has 1 N–H and O–H groups in total. The molecule has 1 aliphatic rings. The normalized spacial score (nSPS) is 17.3. The number of aryl methyl sites for hydroxylation is 1. The molecular weight excluding hydrogens is 236 g/mol. The van der Waals surface area contributed by atoms with E-state index >= 15 is 0 Å². The summed E-state index contributed by atoms with van der Waals surface area (Å²) < 4.78 is 0. The molecule has 1 amide bonds. The van der Waals surface area contributed by atoms with Gasteiger partial charge in [-0.2, -0.15) is 0 Å². The number of rotatable bonds is 3. The minimum absolute atomic E-state index is 0.126. The van der Waals surface area contributed by atoms with Gasteiger partial charge >= 0.3 is 0 Å². The highest BCUT2D eigenvalue weighted by Gasteiger charge is 2.30. The molecule has 0 aromatic heterocycles. The molecule has 3 heteroatoms. The molecule has 1 atom stereocenters. The van der Waals surface area contributed by atoms with Crippen LogP contribution in [0.1, 0.15) is 32.8 Å². The van der Waals surface area contributed by atoms with Crippen molar-refractivity contribution in [3.05, 3.63) is 29.8 Å². The number of nitrogens with zero attached hydrogens (tertiary/aromatic N) is 1. The first-order valence-corrected chi connectivity index (χ1v) is 6.99. The van der Waals surface area contributed by atoms with Crippen molar-refractivity contribution < 1.29 is 4.79 Å². The summed E-state index contributed by atoms with van der Waals surface area (Å²) in [5.74, 6) is 0.239. The molecule has 0 bridgehead atoms. The van der Waals surface area contributed by atoms with E-state index in [1.54, 1.807) is 0 Å². The summed E-state index contributed by atoms with van der Waals surface area (Å²) in [7, 11) is 1.97. The second-order valence-electron chi connectivity index (χ2n) is 6.34. The third-order valence-corrected chi connectivity index (χ3v) is 3.95. The highest BCUT2D eigenvalue weighted by atomic mass is 16.2. The van der Waals surface area contributed by atoms with E-state index in [0.29, 0.717) is 6.42 Å². The van der Waals surface area contributed by atoms with E-state index < -0.39 is 0 Å². The quantitative estimate of drug-likeness (QED) is 0.906. The van der Waals surface area contributed by atoms with Gasteiger partial charge in [-0.15, -0.1) is 0 Å². The van der Waals surface area contributed by atoms with Crippen LogP contribution in [0.15, 0.2) is 24.3 Å². The average Bonchev–Trinajstić information content (AvgIpc) is 2.36. The Morgan fingerprint density at radius 3 is 2.58 bits per heavy atom. The van der Waals surface area contributed by atoms with Gasteiger partial charge in [-0.05, 0) is 30.5 Å². The number of carbonyl (C=O) groups is 1. The SMILES string of the molecule is CNC(CN1C(=O)CCc2ccccc21)C(C)(C)C. The van der Waals surface area contributed by atoms with Crippen LogP contribution in [-0.2, 0) is 11.2 Å². The summed E-state index contributed by atoms with van der Waals surface area (Å²) in [5, 5.41) is 3.35. The Kier molecular flexibility index (Phi) is 3.95. The first-order chi connectivity index (χ1) is 8.93. The minimum atomic E-state index is 0.126. The molecule has 0 saturated heterocycles. The Hall–Kier alpha value is -1.35. The predicted octanol–water partition coefficient (Wildman–Crippen LogP) is 2.60. The molecule has 0 fully saturated rings. The molecule has 0 radical (unpaired) electrons. The van der Waals surface area contributed by atoms with Gasteiger partial charge in [-0.25, -0.2) is 0 Å². The maximum absolute atomic E-state index is 12.2. The molecule has 1 aliphatic heterocycles. The summed E-state index contributed by atoms with van der Waals surface area (Å²) in [6.07, 6.45) is 1.49. The highest BCUT2D eigenvalue weighted by molar-refractivity contribution is 5.96. The van der Waals surface area contributed by atoms with Gasteiger partial charge < -0.3 is 10.2 Å². The molecule has 0 aliphatic carbocycles. The lowest BCUT2D eigenvalue weighted by atomic mass is 9.86. The van der Waals surface area contributed by atoms with Gasteiger partial charge in [0, 0.05) is 24.7 Å². The fraction of sp³-hybridized carbons (Fsp3) is 0.562. The zero-order valence-corrected chi connectivity index (χ0v) is 12.4. The first kappa shape index (κ1) is 14.1. The lowest BCUT2D eigenvalue weighted by molar-refractivity contribution is -0.119. The van der Waals surface area contributed by atoms with E-state index in [0.717, 1.165) is 18.7 Å². The third-order valence-electron chi connectivity index (χ3n) is 3.95.